The van der Waals surface area contributed by atoms with Crippen molar-refractivity contribution in [2.75, 3.05) is 0 Å². The Morgan fingerprint density at radius 3 is 2.53 bits per heavy atom. The first kappa shape index (κ1) is 12.2. The summed E-state index contributed by atoms with van der Waals surface area (Å²) in [5.74, 6) is 0. The zero-order chi connectivity index (χ0) is 12.3. The highest BCUT2D eigenvalue weighted by Crippen LogP contribution is 2.25. The van der Waals surface area contributed by atoms with E-state index in [4.69, 9.17) is 5.11 Å². The van der Waals surface area contributed by atoms with E-state index >= 15 is 0 Å². The SMILES string of the molecule is OC(=S)C=Cc1ccc(-c2nnc(S)s2)cc1. The van der Waals surface area contributed by atoms with Gasteiger partial charge in [0.25, 0.3) is 0 Å². The first-order chi connectivity index (χ1) is 8.15. The first-order valence-corrected chi connectivity index (χ1v) is 6.36. The fourth-order valence-corrected chi connectivity index (χ4v) is 2.20. The number of thiol groups is 1. The predicted molar refractivity (Wildman–Crippen MR) is 76.9 cm³/mol. The summed E-state index contributed by atoms with van der Waals surface area (Å²) < 4.78 is 0.648. The van der Waals surface area contributed by atoms with Crippen LogP contribution in [0, 0.1) is 0 Å². The van der Waals surface area contributed by atoms with E-state index in [-0.39, 0.29) is 5.05 Å². The normalized spacial score (nSPS) is 10.9. The monoisotopic (exact) mass is 280 g/mol. The van der Waals surface area contributed by atoms with Gasteiger partial charge in [0.2, 0.25) is 0 Å². The van der Waals surface area contributed by atoms with E-state index in [1.165, 1.54) is 17.4 Å². The maximum atomic E-state index is 8.87. The van der Waals surface area contributed by atoms with Gasteiger partial charge in [0.15, 0.2) is 9.39 Å². The maximum Gasteiger partial charge on any atom is 0.181 e. The van der Waals surface area contributed by atoms with Gasteiger partial charge in [-0.2, -0.15) is 0 Å². The van der Waals surface area contributed by atoms with Crippen molar-refractivity contribution in [3.8, 4) is 10.6 Å². The standard InChI is InChI=1S/C11H8N2OS3/c14-9(15)6-3-7-1-4-8(5-2-7)10-12-13-11(16)17-10/h1-6H,(H,13,16)(H,14,15). The van der Waals surface area contributed by atoms with E-state index in [0.29, 0.717) is 4.34 Å². The van der Waals surface area contributed by atoms with Gasteiger partial charge in [0, 0.05) is 5.56 Å². The van der Waals surface area contributed by atoms with Gasteiger partial charge in [-0.15, -0.1) is 22.8 Å². The van der Waals surface area contributed by atoms with Crippen molar-refractivity contribution < 1.29 is 5.11 Å². The molecule has 0 amide bonds. The van der Waals surface area contributed by atoms with Crippen LogP contribution < -0.4 is 0 Å². The highest BCUT2D eigenvalue weighted by atomic mass is 32.2. The zero-order valence-electron chi connectivity index (χ0n) is 8.57. The Balaban J connectivity index is 2.21. The summed E-state index contributed by atoms with van der Waals surface area (Å²) in [6.07, 6.45) is 3.22. The van der Waals surface area contributed by atoms with Crippen LogP contribution in [0.1, 0.15) is 5.56 Å². The van der Waals surface area contributed by atoms with E-state index in [1.807, 2.05) is 24.3 Å². The van der Waals surface area contributed by atoms with Gasteiger partial charge in [-0.3, -0.25) is 0 Å². The Morgan fingerprint density at radius 1 is 1.29 bits per heavy atom. The molecule has 1 aromatic heterocycles. The molecule has 86 valence electrons. The van der Waals surface area contributed by atoms with Crippen molar-refractivity contribution in [1.29, 1.82) is 0 Å². The van der Waals surface area contributed by atoms with Crippen LogP contribution >= 0.6 is 36.2 Å². The minimum Gasteiger partial charge on any atom is -0.499 e. The molecule has 1 aromatic carbocycles. The fourth-order valence-electron chi connectivity index (χ4n) is 1.24. The van der Waals surface area contributed by atoms with Crippen molar-refractivity contribution >= 4 is 47.3 Å². The van der Waals surface area contributed by atoms with Crippen molar-refractivity contribution in [2.45, 2.75) is 4.34 Å². The topological polar surface area (TPSA) is 46.0 Å². The Hall–Kier alpha value is -1.24. The molecule has 0 atom stereocenters. The van der Waals surface area contributed by atoms with Gasteiger partial charge < -0.3 is 5.11 Å². The van der Waals surface area contributed by atoms with Gasteiger partial charge in [-0.25, -0.2) is 0 Å². The number of hydrogen-bond acceptors (Lipinski definition) is 5. The third-order valence-electron chi connectivity index (χ3n) is 1.99. The molecule has 0 saturated carbocycles. The predicted octanol–water partition coefficient (Wildman–Crippen LogP) is 3.39. The van der Waals surface area contributed by atoms with Crippen LogP contribution in [0.3, 0.4) is 0 Å². The summed E-state index contributed by atoms with van der Waals surface area (Å²) in [5, 5.41) is 17.4. The second kappa shape index (κ2) is 5.39. The van der Waals surface area contributed by atoms with Crippen molar-refractivity contribution in [3.05, 3.63) is 35.9 Å². The number of aromatic nitrogens is 2. The maximum absolute atomic E-state index is 8.87. The molecule has 0 aliphatic rings. The summed E-state index contributed by atoms with van der Waals surface area (Å²) in [4.78, 5) is 0. The van der Waals surface area contributed by atoms with Crippen LogP contribution in [-0.4, -0.2) is 20.4 Å². The lowest BCUT2D eigenvalue weighted by atomic mass is 10.1. The second-order valence-corrected chi connectivity index (χ2v) is 5.31. The molecule has 0 bridgehead atoms. The molecule has 0 radical (unpaired) electrons. The molecule has 0 aliphatic carbocycles. The summed E-state index contributed by atoms with van der Waals surface area (Å²) in [6.45, 7) is 0. The van der Waals surface area contributed by atoms with Crippen LogP contribution in [0.2, 0.25) is 0 Å². The summed E-state index contributed by atoms with van der Waals surface area (Å²) in [5.41, 5.74) is 1.95. The Labute approximate surface area is 113 Å². The number of rotatable bonds is 3. The smallest absolute Gasteiger partial charge is 0.181 e. The fraction of sp³-hybridized carbons (Fsp3) is 0. The quantitative estimate of drug-likeness (QED) is 0.514. The molecule has 2 aromatic rings. The van der Waals surface area contributed by atoms with E-state index in [1.54, 1.807) is 6.08 Å². The number of benzene rings is 1. The molecule has 0 unspecified atom stereocenters. The van der Waals surface area contributed by atoms with E-state index < -0.39 is 0 Å². The molecule has 2 rings (SSSR count). The molecular weight excluding hydrogens is 272 g/mol. The molecule has 0 spiro atoms. The van der Waals surface area contributed by atoms with Crippen LogP contribution in [0.15, 0.2) is 34.7 Å². The van der Waals surface area contributed by atoms with Gasteiger partial charge in [0.05, 0.1) is 0 Å². The summed E-state index contributed by atoms with van der Waals surface area (Å²) in [7, 11) is 0. The molecule has 17 heavy (non-hydrogen) atoms. The molecule has 1 heterocycles. The Morgan fingerprint density at radius 2 is 2.00 bits per heavy atom. The highest BCUT2D eigenvalue weighted by molar-refractivity contribution is 7.82. The minimum atomic E-state index is -0.127. The molecule has 1 N–H and O–H groups in total. The molecule has 3 nitrogen and oxygen atoms in total. The van der Waals surface area contributed by atoms with Gasteiger partial charge in [-0.1, -0.05) is 41.7 Å². The Bertz CT molecular complexity index is 560. The molecule has 0 saturated heterocycles. The number of aliphatic hydroxyl groups is 1. The van der Waals surface area contributed by atoms with Gasteiger partial charge in [0.1, 0.15) is 5.01 Å². The largest absolute Gasteiger partial charge is 0.499 e. The number of hydrogen-bond donors (Lipinski definition) is 2. The third-order valence-corrected chi connectivity index (χ3v) is 3.26. The Kier molecular flexibility index (Phi) is 3.88. The average molecular weight is 280 g/mol. The number of thiocarbonyl (C=S) groups is 1. The summed E-state index contributed by atoms with van der Waals surface area (Å²) in [6, 6.07) is 7.72. The lowest BCUT2D eigenvalue weighted by Gasteiger charge is -1.96. The van der Waals surface area contributed by atoms with E-state index in [9.17, 15) is 0 Å². The van der Waals surface area contributed by atoms with Gasteiger partial charge >= 0.3 is 0 Å². The minimum absolute atomic E-state index is 0.127. The summed E-state index contributed by atoms with van der Waals surface area (Å²) >= 11 is 10.1. The first-order valence-electron chi connectivity index (χ1n) is 4.69. The van der Waals surface area contributed by atoms with Crippen LogP contribution in [0.4, 0.5) is 0 Å². The van der Waals surface area contributed by atoms with Crippen LogP contribution in [0.25, 0.3) is 16.6 Å². The lowest BCUT2D eigenvalue weighted by Crippen LogP contribution is -1.82. The number of aliphatic hydroxyl groups excluding tert-OH is 1. The number of nitrogens with zero attached hydrogens (tertiary/aromatic N) is 2. The molecule has 0 aliphatic heterocycles. The highest BCUT2D eigenvalue weighted by Gasteiger charge is 2.03. The molecule has 6 heteroatoms. The van der Waals surface area contributed by atoms with E-state index in [2.05, 4.69) is 35.0 Å². The van der Waals surface area contributed by atoms with Crippen molar-refractivity contribution in [3.63, 3.8) is 0 Å². The van der Waals surface area contributed by atoms with Gasteiger partial charge in [-0.05, 0) is 23.9 Å². The molecule has 0 fully saturated rings. The lowest BCUT2D eigenvalue weighted by molar-refractivity contribution is 0.574. The third kappa shape index (κ3) is 3.36. The van der Waals surface area contributed by atoms with Crippen molar-refractivity contribution in [2.24, 2.45) is 0 Å². The second-order valence-electron chi connectivity index (χ2n) is 3.18. The molecular formula is C11H8N2OS3. The van der Waals surface area contributed by atoms with Crippen molar-refractivity contribution in [1.82, 2.24) is 10.2 Å². The zero-order valence-corrected chi connectivity index (χ0v) is 11.1. The average Bonchev–Trinajstić information content (AvgIpc) is 2.74. The van der Waals surface area contributed by atoms with Crippen LogP contribution in [0.5, 0.6) is 0 Å². The van der Waals surface area contributed by atoms with Crippen LogP contribution in [-0.2, 0) is 0 Å². The van der Waals surface area contributed by atoms with E-state index in [0.717, 1.165) is 16.1 Å².